The van der Waals surface area contributed by atoms with Gasteiger partial charge in [0.25, 0.3) is 0 Å². The van der Waals surface area contributed by atoms with Crippen molar-refractivity contribution in [2.45, 2.75) is 0 Å². The van der Waals surface area contributed by atoms with Gasteiger partial charge in [0.1, 0.15) is 0 Å². The minimum absolute atomic E-state index is 0.0379. The molecule has 0 spiro atoms. The molecule has 80 valence electrons. The second-order valence-corrected chi connectivity index (χ2v) is 4.97. The summed E-state index contributed by atoms with van der Waals surface area (Å²) >= 11 is 8.18. The standard InChI is InChI=1S/C13H8ClIO/c14-12-7-6-10(15)8-11(12)13(16)9-4-2-1-3-5-9/h1-8H. The summed E-state index contributed by atoms with van der Waals surface area (Å²) in [5.41, 5.74) is 1.21. The van der Waals surface area contributed by atoms with Gasteiger partial charge in [0.2, 0.25) is 0 Å². The first kappa shape index (κ1) is 11.6. The van der Waals surface area contributed by atoms with E-state index in [4.69, 9.17) is 11.6 Å². The van der Waals surface area contributed by atoms with Crippen molar-refractivity contribution in [3.63, 3.8) is 0 Å². The molecule has 0 fully saturated rings. The van der Waals surface area contributed by atoms with Gasteiger partial charge in [-0.2, -0.15) is 0 Å². The molecule has 0 aliphatic rings. The lowest BCUT2D eigenvalue weighted by molar-refractivity contribution is 0.103. The van der Waals surface area contributed by atoms with Crippen molar-refractivity contribution in [3.8, 4) is 0 Å². The average molecular weight is 343 g/mol. The highest BCUT2D eigenvalue weighted by molar-refractivity contribution is 14.1. The molecule has 2 aromatic rings. The summed E-state index contributed by atoms with van der Waals surface area (Å²) in [7, 11) is 0. The van der Waals surface area contributed by atoms with E-state index >= 15 is 0 Å². The Kier molecular flexibility index (Phi) is 3.61. The first-order valence-electron chi connectivity index (χ1n) is 4.73. The van der Waals surface area contributed by atoms with Crippen LogP contribution in [0.5, 0.6) is 0 Å². The zero-order valence-corrected chi connectivity index (χ0v) is 11.2. The van der Waals surface area contributed by atoms with E-state index < -0.39 is 0 Å². The smallest absolute Gasteiger partial charge is 0.194 e. The van der Waals surface area contributed by atoms with Gasteiger partial charge < -0.3 is 0 Å². The topological polar surface area (TPSA) is 17.1 Å². The number of carbonyl (C=O) groups excluding carboxylic acids is 1. The number of benzene rings is 2. The third-order valence-corrected chi connectivity index (χ3v) is 3.21. The van der Waals surface area contributed by atoms with Crippen molar-refractivity contribution < 1.29 is 4.79 Å². The van der Waals surface area contributed by atoms with Gasteiger partial charge in [-0.1, -0.05) is 41.9 Å². The molecular weight excluding hydrogens is 334 g/mol. The van der Waals surface area contributed by atoms with Crippen LogP contribution in [0, 0.1) is 3.57 Å². The third-order valence-electron chi connectivity index (χ3n) is 2.21. The number of rotatable bonds is 2. The maximum Gasteiger partial charge on any atom is 0.194 e. The van der Waals surface area contributed by atoms with Gasteiger partial charge in [0.05, 0.1) is 5.02 Å². The Hall–Kier alpha value is -0.870. The Morgan fingerprint density at radius 3 is 2.44 bits per heavy atom. The maximum atomic E-state index is 12.1. The van der Waals surface area contributed by atoms with Crippen molar-refractivity contribution in [3.05, 3.63) is 68.3 Å². The summed E-state index contributed by atoms with van der Waals surface area (Å²) in [6.07, 6.45) is 0. The van der Waals surface area contributed by atoms with E-state index in [1.807, 2.05) is 24.3 Å². The van der Waals surface area contributed by atoms with E-state index in [2.05, 4.69) is 22.6 Å². The van der Waals surface area contributed by atoms with Crippen LogP contribution in [-0.4, -0.2) is 5.78 Å². The fraction of sp³-hybridized carbons (Fsp3) is 0. The monoisotopic (exact) mass is 342 g/mol. The molecule has 0 saturated heterocycles. The lowest BCUT2D eigenvalue weighted by atomic mass is 10.0. The molecule has 0 unspecified atom stereocenters. The van der Waals surface area contributed by atoms with Gasteiger partial charge in [-0.3, -0.25) is 4.79 Å². The highest BCUT2D eigenvalue weighted by Crippen LogP contribution is 2.21. The maximum absolute atomic E-state index is 12.1. The molecule has 2 rings (SSSR count). The molecule has 0 aliphatic carbocycles. The first-order chi connectivity index (χ1) is 7.68. The number of carbonyl (C=O) groups is 1. The van der Waals surface area contributed by atoms with Crippen molar-refractivity contribution in [2.24, 2.45) is 0 Å². The van der Waals surface area contributed by atoms with Crippen molar-refractivity contribution in [2.75, 3.05) is 0 Å². The molecule has 0 aliphatic heterocycles. The Labute approximate surface area is 113 Å². The Balaban J connectivity index is 2.46. The Morgan fingerprint density at radius 2 is 1.75 bits per heavy atom. The molecule has 2 aromatic carbocycles. The largest absolute Gasteiger partial charge is 0.289 e. The van der Waals surface area contributed by atoms with Crippen LogP contribution in [0.15, 0.2) is 48.5 Å². The third kappa shape index (κ3) is 2.44. The highest BCUT2D eigenvalue weighted by atomic mass is 127. The van der Waals surface area contributed by atoms with E-state index in [0.29, 0.717) is 16.1 Å². The molecule has 0 atom stereocenters. The van der Waals surface area contributed by atoms with E-state index in [-0.39, 0.29) is 5.78 Å². The fourth-order valence-corrected chi connectivity index (χ4v) is 2.11. The van der Waals surface area contributed by atoms with Crippen LogP contribution in [0.25, 0.3) is 0 Å². The van der Waals surface area contributed by atoms with Gasteiger partial charge in [-0.05, 0) is 40.8 Å². The first-order valence-corrected chi connectivity index (χ1v) is 6.19. The van der Waals surface area contributed by atoms with Gasteiger partial charge in [-0.25, -0.2) is 0 Å². The van der Waals surface area contributed by atoms with E-state index in [0.717, 1.165) is 3.57 Å². The second-order valence-electron chi connectivity index (χ2n) is 3.32. The summed E-state index contributed by atoms with van der Waals surface area (Å²) in [5, 5.41) is 0.495. The molecule has 0 radical (unpaired) electrons. The lowest BCUT2D eigenvalue weighted by Crippen LogP contribution is -2.02. The average Bonchev–Trinajstić information content (AvgIpc) is 2.32. The predicted molar refractivity (Wildman–Crippen MR) is 74.0 cm³/mol. The van der Waals surface area contributed by atoms with Gasteiger partial charge in [0, 0.05) is 14.7 Å². The molecular formula is C13H8ClIO. The minimum Gasteiger partial charge on any atom is -0.289 e. The molecule has 0 N–H and O–H groups in total. The lowest BCUT2D eigenvalue weighted by Gasteiger charge is -2.04. The molecule has 3 heteroatoms. The van der Waals surface area contributed by atoms with Gasteiger partial charge in [0.15, 0.2) is 5.78 Å². The van der Waals surface area contributed by atoms with E-state index in [1.165, 1.54) is 0 Å². The number of hydrogen-bond donors (Lipinski definition) is 0. The predicted octanol–water partition coefficient (Wildman–Crippen LogP) is 4.18. The normalized spacial score (nSPS) is 10.1. The van der Waals surface area contributed by atoms with Crippen LogP contribution in [0.1, 0.15) is 15.9 Å². The minimum atomic E-state index is -0.0379. The summed E-state index contributed by atoms with van der Waals surface area (Å²) in [4.78, 5) is 12.1. The van der Waals surface area contributed by atoms with Crippen molar-refractivity contribution >= 4 is 40.0 Å². The number of ketones is 1. The zero-order chi connectivity index (χ0) is 11.5. The molecule has 0 saturated carbocycles. The van der Waals surface area contributed by atoms with E-state index in [1.54, 1.807) is 24.3 Å². The SMILES string of the molecule is O=C(c1ccccc1)c1cc(I)ccc1Cl. The Bertz CT molecular complexity index is 523. The number of halogens is 2. The molecule has 0 aromatic heterocycles. The quantitative estimate of drug-likeness (QED) is 0.591. The molecule has 0 heterocycles. The second kappa shape index (κ2) is 4.97. The highest BCUT2D eigenvalue weighted by Gasteiger charge is 2.12. The zero-order valence-electron chi connectivity index (χ0n) is 8.28. The van der Waals surface area contributed by atoms with Crippen LogP contribution >= 0.6 is 34.2 Å². The van der Waals surface area contributed by atoms with Crippen molar-refractivity contribution in [1.29, 1.82) is 0 Å². The molecule has 16 heavy (non-hydrogen) atoms. The van der Waals surface area contributed by atoms with Gasteiger partial charge in [-0.15, -0.1) is 0 Å². The number of hydrogen-bond acceptors (Lipinski definition) is 1. The fourth-order valence-electron chi connectivity index (χ4n) is 1.42. The summed E-state index contributed by atoms with van der Waals surface area (Å²) in [6, 6.07) is 14.6. The van der Waals surface area contributed by atoms with Crippen LogP contribution in [0.3, 0.4) is 0 Å². The molecule has 0 amide bonds. The van der Waals surface area contributed by atoms with Crippen molar-refractivity contribution in [1.82, 2.24) is 0 Å². The summed E-state index contributed by atoms with van der Waals surface area (Å²) in [6.45, 7) is 0. The van der Waals surface area contributed by atoms with Crippen LogP contribution in [0.4, 0.5) is 0 Å². The van der Waals surface area contributed by atoms with Crippen LogP contribution in [0.2, 0.25) is 5.02 Å². The van der Waals surface area contributed by atoms with Crippen LogP contribution < -0.4 is 0 Å². The molecule has 1 nitrogen and oxygen atoms in total. The summed E-state index contributed by atoms with van der Waals surface area (Å²) in [5.74, 6) is -0.0379. The summed E-state index contributed by atoms with van der Waals surface area (Å²) < 4.78 is 1.00. The van der Waals surface area contributed by atoms with E-state index in [9.17, 15) is 4.79 Å². The van der Waals surface area contributed by atoms with Crippen LogP contribution in [-0.2, 0) is 0 Å². The Morgan fingerprint density at radius 1 is 1.06 bits per heavy atom. The molecule has 0 bridgehead atoms. The van der Waals surface area contributed by atoms with Gasteiger partial charge >= 0.3 is 0 Å².